The molecule has 1 saturated heterocycles. The van der Waals surface area contributed by atoms with Crippen molar-refractivity contribution in [3.63, 3.8) is 0 Å². The molecule has 2 heterocycles. The average Bonchev–Trinajstić information content (AvgIpc) is 2.93. The first-order valence-electron chi connectivity index (χ1n) is 12.8. The van der Waals surface area contributed by atoms with Crippen molar-refractivity contribution < 1.29 is 33.2 Å². The van der Waals surface area contributed by atoms with Gasteiger partial charge in [0.25, 0.3) is 0 Å². The number of piperidine rings is 1. The number of aliphatic hydroxyl groups is 3. The third-order valence-corrected chi connectivity index (χ3v) is 7.66. The molecule has 0 saturated carbocycles. The largest absolute Gasteiger partial charge is 0.497 e. The van der Waals surface area contributed by atoms with Crippen molar-refractivity contribution in [2.45, 2.75) is 50.9 Å². The lowest BCUT2D eigenvalue weighted by atomic mass is 9.69. The van der Waals surface area contributed by atoms with Gasteiger partial charge in [-0.1, -0.05) is 0 Å². The second-order valence-corrected chi connectivity index (χ2v) is 9.89. The summed E-state index contributed by atoms with van der Waals surface area (Å²) in [6, 6.07) is 7.15. The predicted octanol–water partition coefficient (Wildman–Crippen LogP) is 4.20. The highest BCUT2D eigenvalue weighted by atomic mass is 19.2. The summed E-state index contributed by atoms with van der Waals surface area (Å²) in [5.74, 6) is -3.46. The van der Waals surface area contributed by atoms with E-state index in [1.54, 1.807) is 31.5 Å². The van der Waals surface area contributed by atoms with Crippen LogP contribution in [0.1, 0.15) is 49.3 Å². The predicted molar refractivity (Wildman–Crippen MR) is 138 cm³/mol. The summed E-state index contributed by atoms with van der Waals surface area (Å²) in [7, 11) is 1.56. The Labute approximate surface area is 219 Å². The van der Waals surface area contributed by atoms with Gasteiger partial charge in [0.15, 0.2) is 17.5 Å². The van der Waals surface area contributed by atoms with Gasteiger partial charge in [0.05, 0.1) is 31.4 Å². The third kappa shape index (κ3) is 6.04. The Bertz CT molecular complexity index is 1230. The number of benzene rings is 2. The van der Waals surface area contributed by atoms with E-state index in [0.717, 1.165) is 12.1 Å². The van der Waals surface area contributed by atoms with Crippen molar-refractivity contribution in [1.29, 1.82) is 0 Å². The number of rotatable bonds is 11. The standard InChI is InChI=1S/C28H34F3N3O4/c1-38-19-2-3-23-20(14-19)26(17(16-35)15-34-23)24(36)4-6-28(7-10-32-11-8-28)25(37)5-9-33-18-12-21(29)27(31)22(30)13-18/h2-3,12-15,24-25,32-33,35-37H,4-11,16H2,1H3/t24-,25+/m1/s1. The van der Waals surface area contributed by atoms with E-state index in [1.807, 2.05) is 0 Å². The summed E-state index contributed by atoms with van der Waals surface area (Å²) in [5, 5.41) is 39.4. The Morgan fingerprint density at radius 2 is 1.79 bits per heavy atom. The van der Waals surface area contributed by atoms with Gasteiger partial charge < -0.3 is 30.7 Å². The molecule has 0 radical (unpaired) electrons. The molecule has 38 heavy (non-hydrogen) atoms. The average molecular weight is 534 g/mol. The number of aliphatic hydroxyl groups excluding tert-OH is 3. The summed E-state index contributed by atoms with van der Waals surface area (Å²) >= 11 is 0. The Balaban J connectivity index is 1.48. The molecule has 1 fully saturated rings. The van der Waals surface area contributed by atoms with Crippen molar-refractivity contribution in [2.24, 2.45) is 5.41 Å². The Hall–Kier alpha value is -2.92. The molecular weight excluding hydrogens is 499 g/mol. The van der Waals surface area contributed by atoms with E-state index in [9.17, 15) is 28.5 Å². The van der Waals surface area contributed by atoms with Crippen LogP contribution in [-0.4, -0.2) is 53.2 Å². The maximum Gasteiger partial charge on any atom is 0.194 e. The van der Waals surface area contributed by atoms with Crippen molar-refractivity contribution in [3.05, 3.63) is 65.1 Å². The molecule has 1 aromatic heterocycles. The maximum absolute atomic E-state index is 13.5. The number of hydrogen-bond donors (Lipinski definition) is 5. The molecule has 10 heteroatoms. The summed E-state index contributed by atoms with van der Waals surface area (Å²) in [5.41, 5.74) is 1.42. The molecule has 206 valence electrons. The number of nitrogens with one attached hydrogen (secondary N) is 2. The highest BCUT2D eigenvalue weighted by Crippen LogP contribution is 2.42. The second-order valence-electron chi connectivity index (χ2n) is 9.89. The van der Waals surface area contributed by atoms with Crippen molar-refractivity contribution >= 4 is 16.6 Å². The molecular formula is C28H34F3N3O4. The lowest BCUT2D eigenvalue weighted by Gasteiger charge is -2.42. The van der Waals surface area contributed by atoms with Crippen LogP contribution in [0.25, 0.3) is 10.9 Å². The van der Waals surface area contributed by atoms with Crippen LogP contribution in [0, 0.1) is 22.9 Å². The molecule has 5 N–H and O–H groups in total. The van der Waals surface area contributed by atoms with Crippen molar-refractivity contribution in [1.82, 2.24) is 10.3 Å². The van der Waals surface area contributed by atoms with Crippen molar-refractivity contribution in [3.8, 4) is 5.75 Å². The van der Waals surface area contributed by atoms with Crippen LogP contribution in [-0.2, 0) is 6.61 Å². The fourth-order valence-corrected chi connectivity index (χ4v) is 5.44. The van der Waals surface area contributed by atoms with Crippen LogP contribution < -0.4 is 15.4 Å². The van der Waals surface area contributed by atoms with E-state index in [1.165, 1.54) is 0 Å². The number of aromatic nitrogens is 1. The summed E-state index contributed by atoms with van der Waals surface area (Å²) < 4.78 is 45.6. The zero-order chi connectivity index (χ0) is 27.3. The minimum Gasteiger partial charge on any atom is -0.497 e. The van der Waals surface area contributed by atoms with Gasteiger partial charge in [-0.25, -0.2) is 13.2 Å². The molecule has 2 aromatic carbocycles. The van der Waals surface area contributed by atoms with Crippen LogP contribution in [0.15, 0.2) is 36.5 Å². The van der Waals surface area contributed by atoms with Crippen molar-refractivity contribution in [2.75, 3.05) is 32.1 Å². The van der Waals surface area contributed by atoms with Gasteiger partial charge in [-0.2, -0.15) is 0 Å². The number of pyridine rings is 1. The molecule has 0 amide bonds. The Morgan fingerprint density at radius 1 is 1.08 bits per heavy atom. The summed E-state index contributed by atoms with van der Waals surface area (Å²) in [6.07, 6.45) is 2.47. The lowest BCUT2D eigenvalue weighted by molar-refractivity contribution is -0.0180. The summed E-state index contributed by atoms with van der Waals surface area (Å²) in [4.78, 5) is 4.39. The number of halogens is 3. The SMILES string of the molecule is COc1ccc2ncc(CO)c([C@H](O)CCC3([C@@H](O)CCNc4cc(F)c(F)c(F)c4)CCNCC3)c2c1. The first kappa shape index (κ1) is 28.1. The van der Waals surface area contributed by atoms with Gasteiger partial charge in [-0.15, -0.1) is 0 Å². The van der Waals surface area contributed by atoms with E-state index in [0.29, 0.717) is 73.0 Å². The maximum atomic E-state index is 13.5. The third-order valence-electron chi connectivity index (χ3n) is 7.66. The highest BCUT2D eigenvalue weighted by Gasteiger charge is 2.39. The van der Waals surface area contributed by atoms with E-state index in [-0.39, 0.29) is 18.8 Å². The molecule has 7 nitrogen and oxygen atoms in total. The normalized spacial score (nSPS) is 16.8. The fraction of sp³-hybridized carbons (Fsp3) is 0.464. The Morgan fingerprint density at radius 3 is 2.45 bits per heavy atom. The number of anilines is 1. The first-order chi connectivity index (χ1) is 18.3. The molecule has 0 unspecified atom stereocenters. The number of nitrogens with zero attached hydrogens (tertiary/aromatic N) is 1. The van der Waals surface area contributed by atoms with Crippen LogP contribution in [0.3, 0.4) is 0 Å². The van der Waals surface area contributed by atoms with Crippen LogP contribution >= 0.6 is 0 Å². The molecule has 1 aliphatic rings. The van der Waals surface area contributed by atoms with Gasteiger partial charge in [0.1, 0.15) is 5.75 Å². The van der Waals surface area contributed by atoms with Crippen LogP contribution in [0.5, 0.6) is 5.75 Å². The zero-order valence-corrected chi connectivity index (χ0v) is 21.3. The minimum absolute atomic E-state index is 0.0971. The van der Waals surface area contributed by atoms with Gasteiger partial charge in [-0.3, -0.25) is 4.98 Å². The first-order valence-corrected chi connectivity index (χ1v) is 12.8. The molecule has 0 bridgehead atoms. The molecule has 1 aliphatic heterocycles. The molecule has 0 spiro atoms. The minimum atomic E-state index is -1.52. The van der Waals surface area contributed by atoms with E-state index in [2.05, 4.69) is 15.6 Å². The van der Waals surface area contributed by atoms with Gasteiger partial charge in [0.2, 0.25) is 0 Å². The quantitative estimate of drug-likeness (QED) is 0.235. The zero-order valence-electron chi connectivity index (χ0n) is 21.3. The monoisotopic (exact) mass is 533 g/mol. The van der Waals surface area contributed by atoms with Crippen LogP contribution in [0.4, 0.5) is 18.9 Å². The highest BCUT2D eigenvalue weighted by molar-refractivity contribution is 5.85. The number of ether oxygens (including phenoxy) is 1. The smallest absolute Gasteiger partial charge is 0.194 e. The van der Waals surface area contributed by atoms with E-state index < -0.39 is 35.1 Å². The van der Waals surface area contributed by atoms with Gasteiger partial charge in [-0.05, 0) is 74.4 Å². The fourth-order valence-electron chi connectivity index (χ4n) is 5.44. The number of fused-ring (bicyclic) bond motifs is 1. The van der Waals surface area contributed by atoms with Gasteiger partial charge >= 0.3 is 0 Å². The second kappa shape index (κ2) is 12.3. The van der Waals surface area contributed by atoms with E-state index >= 15 is 0 Å². The van der Waals surface area contributed by atoms with Crippen LogP contribution in [0.2, 0.25) is 0 Å². The Kier molecular flexibility index (Phi) is 9.09. The lowest BCUT2D eigenvalue weighted by Crippen LogP contribution is -2.45. The molecule has 2 atom stereocenters. The molecule has 0 aliphatic carbocycles. The van der Waals surface area contributed by atoms with E-state index in [4.69, 9.17) is 4.74 Å². The number of hydrogen-bond acceptors (Lipinski definition) is 7. The molecule has 3 aromatic rings. The number of methoxy groups -OCH3 is 1. The topological polar surface area (TPSA) is 107 Å². The summed E-state index contributed by atoms with van der Waals surface area (Å²) in [6.45, 7) is 1.38. The van der Waals surface area contributed by atoms with Gasteiger partial charge in [0, 0.05) is 41.5 Å². The molecule has 4 rings (SSSR count).